The lowest BCUT2D eigenvalue weighted by Crippen LogP contribution is -1.97. The zero-order chi connectivity index (χ0) is 36.6. The highest BCUT2D eigenvalue weighted by atomic mass is 32.1. The summed E-state index contributed by atoms with van der Waals surface area (Å²) in [4.78, 5) is 14.5. The zero-order valence-electron chi connectivity index (χ0n) is 29.8. The Morgan fingerprint density at radius 1 is 0.309 bits per heavy atom. The quantitative estimate of drug-likeness (QED) is 0.165. The second-order valence-electron chi connectivity index (χ2n) is 13.6. The molecular formula is C51H33N3S. The van der Waals surface area contributed by atoms with Gasteiger partial charge in [-0.3, -0.25) is 4.98 Å². The fourth-order valence-corrected chi connectivity index (χ4v) is 8.58. The van der Waals surface area contributed by atoms with Crippen molar-refractivity contribution >= 4 is 31.5 Å². The standard InChI is InChI=1S/C51H33N3S/c1-3-11-34(12-4-1)45-31-39(40-24-26-50-46(32-40)44-17-9-10-18-49(44)55-50)23-25-42(45)35-19-21-37(22-20-35)47-33-48(54-51(53-47)38-13-5-2-6-14-38)43-16-8-7-15-41(43)36-27-29-52-30-28-36/h1-33H. The number of aromatic nitrogens is 3. The monoisotopic (exact) mass is 719 g/mol. The predicted molar refractivity (Wildman–Crippen MR) is 231 cm³/mol. The molecule has 0 unspecified atom stereocenters. The van der Waals surface area contributed by atoms with Crippen molar-refractivity contribution in [1.29, 1.82) is 0 Å². The van der Waals surface area contributed by atoms with Gasteiger partial charge in [-0.25, -0.2) is 9.97 Å². The minimum atomic E-state index is 0.692. The lowest BCUT2D eigenvalue weighted by Gasteiger charge is -2.15. The molecule has 3 aromatic heterocycles. The second kappa shape index (κ2) is 14.1. The summed E-state index contributed by atoms with van der Waals surface area (Å²) in [5, 5.41) is 2.62. The Morgan fingerprint density at radius 3 is 1.65 bits per heavy atom. The molecule has 0 fully saturated rings. The van der Waals surface area contributed by atoms with Crippen LogP contribution in [0.5, 0.6) is 0 Å². The first kappa shape index (κ1) is 32.6. The summed E-state index contributed by atoms with van der Waals surface area (Å²) in [6, 6.07) is 66.7. The molecule has 55 heavy (non-hydrogen) atoms. The van der Waals surface area contributed by atoms with E-state index >= 15 is 0 Å². The molecule has 0 aliphatic rings. The van der Waals surface area contributed by atoms with Crippen LogP contribution in [0.15, 0.2) is 200 Å². The molecule has 258 valence electrons. The lowest BCUT2D eigenvalue weighted by atomic mass is 9.90. The molecule has 10 aromatic rings. The molecule has 3 heterocycles. The first-order chi connectivity index (χ1) is 27.2. The molecule has 0 bridgehead atoms. The summed E-state index contributed by atoms with van der Waals surface area (Å²) >= 11 is 1.85. The van der Waals surface area contributed by atoms with E-state index in [1.807, 2.05) is 54.1 Å². The molecule has 0 aliphatic carbocycles. The SMILES string of the molecule is c1ccc(-c2nc(-c3ccc(-c4ccc(-c5ccc6sc7ccccc7c6c5)cc4-c4ccccc4)cc3)cc(-c3ccccc3-c3ccncc3)n2)cc1. The van der Waals surface area contributed by atoms with Crippen LogP contribution >= 0.6 is 11.3 Å². The van der Waals surface area contributed by atoms with Crippen molar-refractivity contribution in [3.8, 4) is 78.4 Å². The first-order valence-electron chi connectivity index (χ1n) is 18.4. The van der Waals surface area contributed by atoms with Gasteiger partial charge in [0.2, 0.25) is 0 Å². The Morgan fingerprint density at radius 2 is 0.855 bits per heavy atom. The van der Waals surface area contributed by atoms with Crippen LogP contribution < -0.4 is 0 Å². The normalized spacial score (nSPS) is 11.3. The molecular weight excluding hydrogens is 687 g/mol. The summed E-state index contributed by atoms with van der Waals surface area (Å²) in [5.74, 6) is 0.692. The van der Waals surface area contributed by atoms with Gasteiger partial charge in [-0.15, -0.1) is 11.3 Å². The third-order valence-corrected chi connectivity index (χ3v) is 11.4. The third kappa shape index (κ3) is 6.29. The van der Waals surface area contributed by atoms with Gasteiger partial charge in [0.15, 0.2) is 5.82 Å². The number of rotatable bonds is 7. The largest absolute Gasteiger partial charge is 0.265 e. The van der Waals surface area contributed by atoms with E-state index in [0.717, 1.165) is 44.8 Å². The molecule has 0 N–H and O–H groups in total. The van der Waals surface area contributed by atoms with Crippen LogP contribution in [0.2, 0.25) is 0 Å². The number of hydrogen-bond donors (Lipinski definition) is 0. The van der Waals surface area contributed by atoms with Crippen LogP contribution in [0, 0.1) is 0 Å². The van der Waals surface area contributed by atoms with E-state index in [4.69, 9.17) is 9.97 Å². The van der Waals surface area contributed by atoms with E-state index in [1.165, 1.54) is 48.0 Å². The number of benzene rings is 7. The third-order valence-electron chi connectivity index (χ3n) is 10.3. The van der Waals surface area contributed by atoms with Gasteiger partial charge >= 0.3 is 0 Å². The first-order valence-corrected chi connectivity index (χ1v) is 19.2. The Bertz CT molecular complexity index is 2950. The topological polar surface area (TPSA) is 38.7 Å². The van der Waals surface area contributed by atoms with Crippen molar-refractivity contribution in [2.45, 2.75) is 0 Å². The fourth-order valence-electron chi connectivity index (χ4n) is 7.50. The van der Waals surface area contributed by atoms with Gasteiger partial charge < -0.3 is 0 Å². The average molecular weight is 720 g/mol. The maximum atomic E-state index is 5.13. The second-order valence-corrected chi connectivity index (χ2v) is 14.7. The Kier molecular flexibility index (Phi) is 8.36. The van der Waals surface area contributed by atoms with Crippen LogP contribution in [0.3, 0.4) is 0 Å². The summed E-state index contributed by atoms with van der Waals surface area (Å²) in [6.45, 7) is 0. The van der Waals surface area contributed by atoms with E-state index in [0.29, 0.717) is 5.82 Å². The van der Waals surface area contributed by atoms with Gasteiger partial charge in [-0.1, -0.05) is 146 Å². The summed E-state index contributed by atoms with van der Waals surface area (Å²) in [6.07, 6.45) is 3.66. The van der Waals surface area contributed by atoms with Gasteiger partial charge in [-0.05, 0) is 87.0 Å². The predicted octanol–water partition coefficient (Wildman–Crippen LogP) is 13.9. The molecule has 0 saturated carbocycles. The number of pyridine rings is 1. The van der Waals surface area contributed by atoms with Crippen molar-refractivity contribution in [1.82, 2.24) is 15.0 Å². The molecule has 3 nitrogen and oxygen atoms in total. The van der Waals surface area contributed by atoms with Gasteiger partial charge in [0, 0.05) is 49.3 Å². The van der Waals surface area contributed by atoms with Crippen LogP contribution in [0.25, 0.3) is 98.6 Å². The van der Waals surface area contributed by atoms with Gasteiger partial charge in [0.25, 0.3) is 0 Å². The maximum Gasteiger partial charge on any atom is 0.160 e. The molecule has 4 heteroatoms. The highest BCUT2D eigenvalue weighted by Gasteiger charge is 2.16. The average Bonchev–Trinajstić information content (AvgIpc) is 3.65. The van der Waals surface area contributed by atoms with Crippen molar-refractivity contribution < 1.29 is 0 Å². The molecule has 0 saturated heterocycles. The van der Waals surface area contributed by atoms with Crippen molar-refractivity contribution in [3.05, 3.63) is 200 Å². The van der Waals surface area contributed by atoms with Crippen molar-refractivity contribution in [3.63, 3.8) is 0 Å². The smallest absolute Gasteiger partial charge is 0.160 e. The highest BCUT2D eigenvalue weighted by molar-refractivity contribution is 7.25. The van der Waals surface area contributed by atoms with Crippen LogP contribution in [0.4, 0.5) is 0 Å². The van der Waals surface area contributed by atoms with Gasteiger partial charge in [0.05, 0.1) is 11.4 Å². The zero-order valence-corrected chi connectivity index (χ0v) is 30.6. The van der Waals surface area contributed by atoms with E-state index < -0.39 is 0 Å². The number of hydrogen-bond acceptors (Lipinski definition) is 4. The molecule has 7 aromatic carbocycles. The fraction of sp³-hybridized carbons (Fsp3) is 0. The summed E-state index contributed by atoms with van der Waals surface area (Å²) in [7, 11) is 0. The van der Waals surface area contributed by atoms with Crippen molar-refractivity contribution in [2.75, 3.05) is 0 Å². The molecule has 0 atom stereocenters. The van der Waals surface area contributed by atoms with E-state index in [-0.39, 0.29) is 0 Å². The van der Waals surface area contributed by atoms with E-state index in [2.05, 4.69) is 163 Å². The van der Waals surface area contributed by atoms with Gasteiger partial charge in [0.1, 0.15) is 0 Å². The van der Waals surface area contributed by atoms with E-state index in [9.17, 15) is 0 Å². The molecule has 0 amide bonds. The minimum absolute atomic E-state index is 0.692. The number of nitrogens with zero attached hydrogens (tertiary/aromatic N) is 3. The van der Waals surface area contributed by atoms with Crippen molar-refractivity contribution in [2.24, 2.45) is 0 Å². The van der Waals surface area contributed by atoms with Crippen LogP contribution in [-0.2, 0) is 0 Å². The molecule has 0 aliphatic heterocycles. The molecule has 0 radical (unpaired) electrons. The van der Waals surface area contributed by atoms with Crippen LogP contribution in [-0.4, -0.2) is 15.0 Å². The van der Waals surface area contributed by atoms with E-state index in [1.54, 1.807) is 0 Å². The Balaban J connectivity index is 1.06. The minimum Gasteiger partial charge on any atom is -0.265 e. The molecule has 0 spiro atoms. The highest BCUT2D eigenvalue weighted by Crippen LogP contribution is 2.40. The number of thiophene rings is 1. The molecule has 10 rings (SSSR count). The lowest BCUT2D eigenvalue weighted by molar-refractivity contribution is 1.18. The summed E-state index contributed by atoms with van der Waals surface area (Å²) in [5.41, 5.74) is 14.1. The van der Waals surface area contributed by atoms with Crippen LogP contribution in [0.1, 0.15) is 0 Å². The van der Waals surface area contributed by atoms with Gasteiger partial charge in [-0.2, -0.15) is 0 Å². The Labute approximate surface area is 323 Å². The maximum absolute atomic E-state index is 5.13. The number of fused-ring (bicyclic) bond motifs is 3. The Hall–Kier alpha value is -7.01. The summed E-state index contributed by atoms with van der Waals surface area (Å²) < 4.78 is 2.64.